The minimum absolute atomic E-state index is 0.0646. The van der Waals surface area contributed by atoms with E-state index >= 15 is 0 Å². The van der Waals surface area contributed by atoms with Crippen LogP contribution in [0.3, 0.4) is 0 Å². The van der Waals surface area contributed by atoms with Crippen molar-refractivity contribution in [3.63, 3.8) is 0 Å². The van der Waals surface area contributed by atoms with E-state index in [1.165, 1.54) is 31.2 Å². The van der Waals surface area contributed by atoms with Gasteiger partial charge in [0.05, 0.1) is 5.69 Å². The van der Waals surface area contributed by atoms with Gasteiger partial charge in [-0.25, -0.2) is 0 Å². The molecule has 1 heterocycles. The van der Waals surface area contributed by atoms with Crippen LogP contribution in [0.4, 0.5) is 0 Å². The quantitative estimate of drug-likeness (QED) is 0.886. The third kappa shape index (κ3) is 2.60. The molecule has 1 atom stereocenters. The molecule has 1 aromatic heterocycles. The number of nitrogens with zero attached hydrogens (tertiary/aromatic N) is 1. The maximum absolute atomic E-state index is 6.02. The molecule has 1 aromatic carbocycles. The lowest BCUT2D eigenvalue weighted by Gasteiger charge is -2.34. The van der Waals surface area contributed by atoms with Crippen LogP contribution in [0.15, 0.2) is 36.5 Å². The molecule has 1 aliphatic rings. The van der Waals surface area contributed by atoms with Gasteiger partial charge in [-0.15, -0.1) is 0 Å². The molecule has 3 rings (SSSR count). The number of hydrogen-bond donors (Lipinski definition) is 2. The summed E-state index contributed by atoms with van der Waals surface area (Å²) in [6.07, 6.45) is 6.69. The van der Waals surface area contributed by atoms with E-state index < -0.39 is 0 Å². The van der Waals surface area contributed by atoms with E-state index in [1.807, 2.05) is 18.2 Å². The van der Waals surface area contributed by atoms with Gasteiger partial charge in [-0.3, -0.25) is 10.4 Å². The second-order valence-corrected chi connectivity index (χ2v) is 6.11. The standard InChI is InChI=1S/C16H20ClN3/c1-12(15-8-11-18-20-15)19-16(9-2-3-10-16)13-4-6-14(17)7-5-13/h4-8,11-12,19H,2-3,9-10H2,1H3,(H,18,20)/t12-/m1/s1. The van der Waals surface area contributed by atoms with Gasteiger partial charge < -0.3 is 0 Å². The summed E-state index contributed by atoms with van der Waals surface area (Å²) in [7, 11) is 0. The maximum atomic E-state index is 6.02. The smallest absolute Gasteiger partial charge is 0.0518 e. The van der Waals surface area contributed by atoms with Gasteiger partial charge in [-0.2, -0.15) is 5.10 Å². The van der Waals surface area contributed by atoms with Crippen LogP contribution in [0, 0.1) is 0 Å². The molecule has 1 fully saturated rings. The van der Waals surface area contributed by atoms with Gasteiger partial charge >= 0.3 is 0 Å². The van der Waals surface area contributed by atoms with Gasteiger partial charge in [-0.1, -0.05) is 36.6 Å². The average Bonchev–Trinajstić information content (AvgIpc) is 3.10. The minimum atomic E-state index is 0.0646. The van der Waals surface area contributed by atoms with Crippen molar-refractivity contribution in [2.45, 2.75) is 44.2 Å². The molecule has 1 saturated carbocycles. The Labute approximate surface area is 124 Å². The highest BCUT2D eigenvalue weighted by molar-refractivity contribution is 6.30. The highest BCUT2D eigenvalue weighted by atomic mass is 35.5. The Hall–Kier alpha value is -1.32. The van der Waals surface area contributed by atoms with Crippen molar-refractivity contribution in [1.82, 2.24) is 15.5 Å². The van der Waals surface area contributed by atoms with Crippen molar-refractivity contribution < 1.29 is 0 Å². The predicted molar refractivity (Wildman–Crippen MR) is 81.7 cm³/mol. The van der Waals surface area contributed by atoms with Gasteiger partial charge in [0.15, 0.2) is 0 Å². The Kier molecular flexibility index (Phi) is 3.81. The Bertz CT molecular complexity index is 542. The molecule has 106 valence electrons. The number of hydrogen-bond acceptors (Lipinski definition) is 2. The summed E-state index contributed by atoms with van der Waals surface area (Å²) in [5.74, 6) is 0. The predicted octanol–water partition coefficient (Wildman–Crippen LogP) is 4.18. The summed E-state index contributed by atoms with van der Waals surface area (Å²) in [5, 5.41) is 11.7. The molecule has 4 heteroatoms. The van der Waals surface area contributed by atoms with Crippen molar-refractivity contribution in [2.24, 2.45) is 0 Å². The number of benzene rings is 1. The molecule has 0 radical (unpaired) electrons. The fraction of sp³-hybridized carbons (Fsp3) is 0.438. The number of halogens is 1. The molecule has 0 amide bonds. The number of aromatic nitrogens is 2. The average molecular weight is 290 g/mol. The molecular weight excluding hydrogens is 270 g/mol. The van der Waals surface area contributed by atoms with Crippen LogP contribution in [-0.4, -0.2) is 10.2 Å². The third-order valence-corrected chi connectivity index (χ3v) is 4.59. The fourth-order valence-corrected chi connectivity index (χ4v) is 3.39. The molecule has 0 bridgehead atoms. The van der Waals surface area contributed by atoms with E-state index in [0.29, 0.717) is 0 Å². The van der Waals surface area contributed by atoms with Crippen LogP contribution in [0.25, 0.3) is 0 Å². The molecule has 0 unspecified atom stereocenters. The number of H-pyrrole nitrogens is 1. The monoisotopic (exact) mass is 289 g/mol. The summed E-state index contributed by atoms with van der Waals surface area (Å²) < 4.78 is 0. The molecule has 2 N–H and O–H groups in total. The first-order valence-corrected chi connectivity index (χ1v) is 7.60. The van der Waals surface area contributed by atoms with Crippen LogP contribution in [0.1, 0.15) is 49.9 Å². The number of rotatable bonds is 4. The topological polar surface area (TPSA) is 40.7 Å². The normalized spacial score (nSPS) is 19.1. The van der Waals surface area contributed by atoms with Crippen LogP contribution in [0.5, 0.6) is 0 Å². The first-order chi connectivity index (χ1) is 9.70. The van der Waals surface area contributed by atoms with E-state index in [2.05, 4.69) is 34.6 Å². The second kappa shape index (κ2) is 5.58. The first kappa shape index (κ1) is 13.7. The van der Waals surface area contributed by atoms with Crippen molar-refractivity contribution in [3.05, 3.63) is 52.8 Å². The molecule has 0 aliphatic heterocycles. The molecule has 0 spiro atoms. The summed E-state index contributed by atoms with van der Waals surface area (Å²) in [6.45, 7) is 2.18. The van der Waals surface area contributed by atoms with Crippen molar-refractivity contribution in [1.29, 1.82) is 0 Å². The third-order valence-electron chi connectivity index (χ3n) is 4.34. The first-order valence-electron chi connectivity index (χ1n) is 7.23. The Morgan fingerprint density at radius 2 is 1.90 bits per heavy atom. The van der Waals surface area contributed by atoms with Crippen LogP contribution in [-0.2, 0) is 5.54 Å². The summed E-state index contributed by atoms with van der Waals surface area (Å²) in [6, 6.07) is 10.6. The highest BCUT2D eigenvalue weighted by Gasteiger charge is 2.36. The molecular formula is C16H20ClN3. The van der Waals surface area contributed by atoms with E-state index in [1.54, 1.807) is 6.20 Å². The van der Waals surface area contributed by atoms with Crippen LogP contribution < -0.4 is 5.32 Å². The zero-order chi connectivity index (χ0) is 14.0. The lowest BCUT2D eigenvalue weighted by Crippen LogP contribution is -2.41. The fourth-order valence-electron chi connectivity index (χ4n) is 3.26. The Balaban J connectivity index is 1.86. The SMILES string of the molecule is C[C@@H](NC1(c2ccc(Cl)cc2)CCCC1)c1ccn[nH]1. The minimum Gasteiger partial charge on any atom is -0.299 e. The highest BCUT2D eigenvalue weighted by Crippen LogP contribution is 2.40. The van der Waals surface area contributed by atoms with Crippen LogP contribution >= 0.6 is 11.6 Å². The van der Waals surface area contributed by atoms with Crippen LogP contribution in [0.2, 0.25) is 5.02 Å². The van der Waals surface area contributed by atoms with Gasteiger partial charge in [-0.05, 0) is 43.5 Å². The molecule has 1 aliphatic carbocycles. The largest absolute Gasteiger partial charge is 0.299 e. The number of nitrogens with one attached hydrogen (secondary N) is 2. The zero-order valence-electron chi connectivity index (χ0n) is 11.7. The second-order valence-electron chi connectivity index (χ2n) is 5.67. The van der Waals surface area contributed by atoms with Gasteiger partial charge in [0.25, 0.3) is 0 Å². The van der Waals surface area contributed by atoms with E-state index in [9.17, 15) is 0 Å². The van der Waals surface area contributed by atoms with E-state index in [0.717, 1.165) is 10.7 Å². The summed E-state index contributed by atoms with van der Waals surface area (Å²) in [5.41, 5.74) is 2.53. The maximum Gasteiger partial charge on any atom is 0.0518 e. The van der Waals surface area contributed by atoms with Gasteiger partial charge in [0.1, 0.15) is 0 Å². The molecule has 20 heavy (non-hydrogen) atoms. The van der Waals surface area contributed by atoms with Crippen molar-refractivity contribution in [2.75, 3.05) is 0 Å². The van der Waals surface area contributed by atoms with Crippen molar-refractivity contribution in [3.8, 4) is 0 Å². The lowest BCUT2D eigenvalue weighted by molar-refractivity contribution is 0.302. The van der Waals surface area contributed by atoms with Crippen molar-refractivity contribution >= 4 is 11.6 Å². The zero-order valence-corrected chi connectivity index (χ0v) is 12.5. The van der Waals surface area contributed by atoms with E-state index in [-0.39, 0.29) is 11.6 Å². The van der Waals surface area contributed by atoms with Gasteiger partial charge in [0.2, 0.25) is 0 Å². The summed E-state index contributed by atoms with van der Waals surface area (Å²) >= 11 is 6.02. The number of aromatic amines is 1. The van der Waals surface area contributed by atoms with Gasteiger partial charge in [0, 0.05) is 22.8 Å². The lowest BCUT2D eigenvalue weighted by atomic mass is 9.87. The Morgan fingerprint density at radius 1 is 1.20 bits per heavy atom. The van der Waals surface area contributed by atoms with E-state index in [4.69, 9.17) is 11.6 Å². The molecule has 0 saturated heterocycles. The molecule has 2 aromatic rings. The Morgan fingerprint density at radius 3 is 2.50 bits per heavy atom. The molecule has 3 nitrogen and oxygen atoms in total. The summed E-state index contributed by atoms with van der Waals surface area (Å²) in [4.78, 5) is 0.